The number of nitrogens with two attached hydrogens (primary N) is 1. The van der Waals surface area contributed by atoms with Crippen molar-refractivity contribution in [3.05, 3.63) is 65.6 Å². The third kappa shape index (κ3) is 2.93. The molecule has 0 aliphatic heterocycles. The first-order valence-corrected chi connectivity index (χ1v) is 9.18. The minimum Gasteiger partial charge on any atom is -0.368 e. The lowest BCUT2D eigenvalue weighted by Gasteiger charge is -2.11. The van der Waals surface area contributed by atoms with Gasteiger partial charge in [-0.05, 0) is 43.4 Å². The molecule has 1 saturated carbocycles. The van der Waals surface area contributed by atoms with E-state index in [1.807, 2.05) is 18.5 Å². The molecule has 27 heavy (non-hydrogen) atoms. The molecule has 0 radical (unpaired) electrons. The molecule has 1 aromatic carbocycles. The number of anilines is 1. The number of aryl methyl sites for hydroxylation is 1. The Kier molecular flexibility index (Phi) is 3.63. The zero-order valence-electron chi connectivity index (χ0n) is 15.1. The monoisotopic (exact) mass is 356 g/mol. The van der Waals surface area contributed by atoms with Crippen LogP contribution in [0.1, 0.15) is 35.6 Å². The van der Waals surface area contributed by atoms with Gasteiger partial charge >= 0.3 is 0 Å². The molecule has 134 valence electrons. The van der Waals surface area contributed by atoms with E-state index in [4.69, 9.17) is 10.7 Å². The standard InChI is InChI=1S/C21H20N6/c1-13-2-4-14(5-3-13)10-15-11-23-9-8-17(15)19-25-18-12-24-21(22)26-20(18)27(19)16-6-7-16/h2-5,8-9,11-12,16H,6-7,10H2,1H3,(H2,22,24,26). The van der Waals surface area contributed by atoms with Crippen molar-refractivity contribution in [2.75, 3.05) is 5.73 Å². The molecule has 6 heteroatoms. The van der Waals surface area contributed by atoms with Gasteiger partial charge < -0.3 is 10.3 Å². The second-order valence-corrected chi connectivity index (χ2v) is 7.17. The van der Waals surface area contributed by atoms with E-state index in [1.54, 1.807) is 6.20 Å². The Hall–Kier alpha value is -3.28. The molecule has 1 aliphatic carbocycles. The molecule has 4 aromatic rings. The normalized spacial score (nSPS) is 14.0. The number of rotatable bonds is 4. The summed E-state index contributed by atoms with van der Waals surface area (Å²) in [6, 6.07) is 11.1. The summed E-state index contributed by atoms with van der Waals surface area (Å²) >= 11 is 0. The number of benzene rings is 1. The molecular weight excluding hydrogens is 336 g/mol. The summed E-state index contributed by atoms with van der Waals surface area (Å²) in [5, 5.41) is 0. The predicted molar refractivity (Wildman–Crippen MR) is 105 cm³/mol. The maximum Gasteiger partial charge on any atom is 0.222 e. The fourth-order valence-electron chi connectivity index (χ4n) is 3.48. The number of fused-ring (bicyclic) bond motifs is 1. The first-order chi connectivity index (χ1) is 13.2. The highest BCUT2D eigenvalue weighted by Crippen LogP contribution is 2.41. The molecule has 1 fully saturated rings. The van der Waals surface area contributed by atoms with Crippen LogP contribution < -0.4 is 5.73 Å². The molecular formula is C21H20N6. The van der Waals surface area contributed by atoms with E-state index in [1.165, 1.54) is 11.1 Å². The second kappa shape index (κ2) is 6.16. The first-order valence-electron chi connectivity index (χ1n) is 9.18. The zero-order valence-corrected chi connectivity index (χ0v) is 15.1. The van der Waals surface area contributed by atoms with Crippen molar-refractivity contribution in [1.29, 1.82) is 0 Å². The van der Waals surface area contributed by atoms with Crippen LogP contribution in [0.4, 0.5) is 5.95 Å². The quantitative estimate of drug-likeness (QED) is 0.603. The Morgan fingerprint density at radius 2 is 1.89 bits per heavy atom. The topological polar surface area (TPSA) is 82.5 Å². The molecule has 0 atom stereocenters. The van der Waals surface area contributed by atoms with E-state index in [0.717, 1.165) is 47.4 Å². The van der Waals surface area contributed by atoms with E-state index in [2.05, 4.69) is 50.7 Å². The molecule has 5 rings (SSSR count). The second-order valence-electron chi connectivity index (χ2n) is 7.17. The maximum absolute atomic E-state index is 5.83. The lowest BCUT2D eigenvalue weighted by atomic mass is 10.0. The fourth-order valence-corrected chi connectivity index (χ4v) is 3.48. The molecule has 0 saturated heterocycles. The van der Waals surface area contributed by atoms with Crippen molar-refractivity contribution in [1.82, 2.24) is 24.5 Å². The van der Waals surface area contributed by atoms with Crippen LogP contribution in [0.25, 0.3) is 22.6 Å². The Morgan fingerprint density at radius 3 is 2.67 bits per heavy atom. The van der Waals surface area contributed by atoms with E-state index < -0.39 is 0 Å². The van der Waals surface area contributed by atoms with Gasteiger partial charge in [-0.1, -0.05) is 29.8 Å². The molecule has 3 aromatic heterocycles. The molecule has 6 nitrogen and oxygen atoms in total. The van der Waals surface area contributed by atoms with Gasteiger partial charge in [0.05, 0.1) is 6.20 Å². The van der Waals surface area contributed by atoms with Crippen LogP contribution in [0.15, 0.2) is 48.9 Å². The van der Waals surface area contributed by atoms with Gasteiger partial charge in [-0.2, -0.15) is 4.98 Å². The van der Waals surface area contributed by atoms with E-state index in [-0.39, 0.29) is 5.95 Å². The summed E-state index contributed by atoms with van der Waals surface area (Å²) < 4.78 is 2.22. The molecule has 0 bridgehead atoms. The van der Waals surface area contributed by atoms with Gasteiger partial charge in [-0.25, -0.2) is 9.97 Å². The Morgan fingerprint density at radius 1 is 1.07 bits per heavy atom. The summed E-state index contributed by atoms with van der Waals surface area (Å²) in [5.41, 5.74) is 12.2. The summed E-state index contributed by atoms with van der Waals surface area (Å²) in [6.45, 7) is 2.10. The number of hydrogen-bond acceptors (Lipinski definition) is 5. The highest BCUT2D eigenvalue weighted by Gasteiger charge is 2.30. The van der Waals surface area contributed by atoms with E-state index in [0.29, 0.717) is 6.04 Å². The number of pyridine rings is 1. The van der Waals surface area contributed by atoms with Crippen molar-refractivity contribution in [3.63, 3.8) is 0 Å². The Labute approximate surface area is 157 Å². The van der Waals surface area contributed by atoms with Crippen LogP contribution in [-0.4, -0.2) is 24.5 Å². The summed E-state index contributed by atoms with van der Waals surface area (Å²) in [7, 11) is 0. The maximum atomic E-state index is 5.83. The molecule has 0 unspecified atom stereocenters. The van der Waals surface area contributed by atoms with Crippen molar-refractivity contribution in [2.45, 2.75) is 32.2 Å². The Bertz CT molecular complexity index is 1130. The highest BCUT2D eigenvalue weighted by molar-refractivity contribution is 5.78. The van der Waals surface area contributed by atoms with Gasteiger partial charge in [-0.15, -0.1) is 0 Å². The van der Waals surface area contributed by atoms with Gasteiger partial charge in [0, 0.05) is 24.0 Å². The van der Waals surface area contributed by atoms with E-state index in [9.17, 15) is 0 Å². The number of nitrogen functional groups attached to an aromatic ring is 1. The molecule has 1 aliphatic rings. The average molecular weight is 356 g/mol. The minimum atomic E-state index is 0.283. The zero-order chi connectivity index (χ0) is 18.4. The Balaban J connectivity index is 1.65. The lowest BCUT2D eigenvalue weighted by molar-refractivity contribution is 0.765. The van der Waals surface area contributed by atoms with Gasteiger partial charge in [0.1, 0.15) is 11.3 Å². The molecule has 2 N–H and O–H groups in total. The smallest absolute Gasteiger partial charge is 0.222 e. The highest BCUT2D eigenvalue weighted by atomic mass is 15.2. The van der Waals surface area contributed by atoms with Crippen LogP contribution in [0, 0.1) is 6.92 Å². The average Bonchev–Trinajstić information content (AvgIpc) is 3.44. The van der Waals surface area contributed by atoms with Gasteiger partial charge in [0.15, 0.2) is 5.65 Å². The van der Waals surface area contributed by atoms with Gasteiger partial charge in [0.2, 0.25) is 5.95 Å². The van der Waals surface area contributed by atoms with Crippen LogP contribution in [0.3, 0.4) is 0 Å². The molecule has 0 spiro atoms. The number of aromatic nitrogens is 5. The number of imidazole rings is 1. The van der Waals surface area contributed by atoms with Crippen LogP contribution in [0.2, 0.25) is 0 Å². The SMILES string of the molecule is Cc1ccc(Cc2cnccc2-c2nc3cnc(N)nc3n2C2CC2)cc1. The summed E-state index contributed by atoms with van der Waals surface area (Å²) in [5.74, 6) is 1.21. The third-order valence-corrected chi connectivity index (χ3v) is 5.02. The summed E-state index contributed by atoms with van der Waals surface area (Å²) in [4.78, 5) is 17.8. The van der Waals surface area contributed by atoms with Crippen LogP contribution in [-0.2, 0) is 6.42 Å². The van der Waals surface area contributed by atoms with Crippen molar-refractivity contribution >= 4 is 17.1 Å². The van der Waals surface area contributed by atoms with E-state index >= 15 is 0 Å². The number of nitrogens with zero attached hydrogens (tertiary/aromatic N) is 5. The third-order valence-electron chi connectivity index (χ3n) is 5.02. The molecule has 3 heterocycles. The van der Waals surface area contributed by atoms with Gasteiger partial charge in [-0.3, -0.25) is 4.98 Å². The summed E-state index contributed by atoms with van der Waals surface area (Å²) in [6.07, 6.45) is 8.56. The number of hydrogen-bond donors (Lipinski definition) is 1. The fraction of sp³-hybridized carbons (Fsp3) is 0.238. The van der Waals surface area contributed by atoms with Crippen molar-refractivity contribution in [2.24, 2.45) is 0 Å². The van der Waals surface area contributed by atoms with Crippen molar-refractivity contribution < 1.29 is 0 Å². The molecule has 0 amide bonds. The van der Waals surface area contributed by atoms with Gasteiger partial charge in [0.25, 0.3) is 0 Å². The minimum absolute atomic E-state index is 0.283. The van der Waals surface area contributed by atoms with Crippen molar-refractivity contribution in [3.8, 4) is 11.4 Å². The predicted octanol–water partition coefficient (Wildman–Crippen LogP) is 3.70. The first kappa shape index (κ1) is 15.9. The lowest BCUT2D eigenvalue weighted by Crippen LogP contribution is -2.03. The van der Waals surface area contributed by atoms with Crippen LogP contribution >= 0.6 is 0 Å². The van der Waals surface area contributed by atoms with Crippen LogP contribution in [0.5, 0.6) is 0 Å². The largest absolute Gasteiger partial charge is 0.368 e.